The summed E-state index contributed by atoms with van der Waals surface area (Å²) >= 11 is 3.43. The third kappa shape index (κ3) is 5.15. The summed E-state index contributed by atoms with van der Waals surface area (Å²) in [5.74, 6) is 0. The smallest absolute Gasteiger partial charge is 0.0622 e. The first-order valence-corrected chi connectivity index (χ1v) is 5.73. The average Bonchev–Trinajstić information content (AvgIpc) is 1.85. The molecule has 1 atom stereocenters. The highest BCUT2D eigenvalue weighted by Gasteiger charge is 2.28. The third-order valence-electron chi connectivity index (χ3n) is 2.39. The molecule has 2 heteroatoms. The number of hydrogen-bond acceptors (Lipinski definition) is 1. The lowest BCUT2D eigenvalue weighted by atomic mass is 9.78. The van der Waals surface area contributed by atoms with Crippen molar-refractivity contribution in [2.45, 2.75) is 52.6 Å². The Kier molecular flexibility index (Phi) is 4.78. The zero-order chi connectivity index (χ0) is 9.83. The second-order valence-corrected chi connectivity index (χ2v) is 5.42. The lowest BCUT2D eigenvalue weighted by Crippen LogP contribution is -2.31. The van der Waals surface area contributed by atoms with E-state index < -0.39 is 5.60 Å². The Labute approximate surface area is 84.7 Å². The van der Waals surface area contributed by atoms with E-state index in [-0.39, 0.29) is 5.41 Å². The van der Waals surface area contributed by atoms with Crippen LogP contribution in [0.1, 0.15) is 47.0 Å². The van der Waals surface area contributed by atoms with Crippen LogP contribution in [-0.4, -0.2) is 16.0 Å². The first-order chi connectivity index (χ1) is 5.33. The van der Waals surface area contributed by atoms with E-state index in [9.17, 15) is 5.11 Å². The van der Waals surface area contributed by atoms with Gasteiger partial charge in [-0.3, -0.25) is 0 Å². The molecule has 0 amide bonds. The summed E-state index contributed by atoms with van der Waals surface area (Å²) in [6.45, 7) is 8.37. The Morgan fingerprint density at radius 1 is 1.25 bits per heavy atom. The van der Waals surface area contributed by atoms with Crippen LogP contribution in [0.3, 0.4) is 0 Å². The molecular weight excluding hydrogens is 216 g/mol. The van der Waals surface area contributed by atoms with Crippen LogP contribution >= 0.6 is 15.9 Å². The van der Waals surface area contributed by atoms with Gasteiger partial charge in [0.1, 0.15) is 0 Å². The van der Waals surface area contributed by atoms with Crippen LogP contribution in [0.5, 0.6) is 0 Å². The molecule has 0 aliphatic carbocycles. The van der Waals surface area contributed by atoms with E-state index in [1.54, 1.807) is 0 Å². The van der Waals surface area contributed by atoms with Gasteiger partial charge in [0, 0.05) is 5.33 Å². The maximum atomic E-state index is 9.87. The molecule has 0 aliphatic rings. The molecule has 0 spiro atoms. The Morgan fingerprint density at radius 3 is 2.08 bits per heavy atom. The van der Waals surface area contributed by atoms with Gasteiger partial charge in [0.2, 0.25) is 0 Å². The zero-order valence-corrected chi connectivity index (χ0v) is 10.2. The van der Waals surface area contributed by atoms with Crippen LogP contribution in [0.25, 0.3) is 0 Å². The molecule has 0 fully saturated rings. The second kappa shape index (κ2) is 4.61. The van der Waals surface area contributed by atoms with E-state index in [0.29, 0.717) is 0 Å². The standard InChI is InChI=1S/C10H21BrO/c1-5-10(4,12)8-9(2,3)6-7-11/h12H,5-8H2,1-4H3. The summed E-state index contributed by atoms with van der Waals surface area (Å²) in [6.07, 6.45) is 2.82. The molecule has 0 aromatic carbocycles. The summed E-state index contributed by atoms with van der Waals surface area (Å²) in [7, 11) is 0. The molecule has 0 aliphatic heterocycles. The van der Waals surface area contributed by atoms with E-state index in [2.05, 4.69) is 29.8 Å². The maximum Gasteiger partial charge on any atom is 0.0622 e. The SMILES string of the molecule is CCC(C)(O)CC(C)(C)CCBr. The summed E-state index contributed by atoms with van der Waals surface area (Å²) in [4.78, 5) is 0. The fourth-order valence-electron chi connectivity index (χ4n) is 1.50. The van der Waals surface area contributed by atoms with Crippen molar-refractivity contribution in [2.75, 3.05) is 5.33 Å². The van der Waals surface area contributed by atoms with Crippen LogP contribution in [0, 0.1) is 5.41 Å². The fraction of sp³-hybridized carbons (Fsp3) is 1.00. The topological polar surface area (TPSA) is 20.2 Å². The normalized spacial score (nSPS) is 17.5. The molecule has 1 N–H and O–H groups in total. The van der Waals surface area contributed by atoms with E-state index in [1.807, 2.05) is 13.8 Å². The van der Waals surface area contributed by atoms with Crippen molar-refractivity contribution in [3.8, 4) is 0 Å². The van der Waals surface area contributed by atoms with Crippen LogP contribution in [-0.2, 0) is 0 Å². The van der Waals surface area contributed by atoms with Crippen molar-refractivity contribution >= 4 is 15.9 Å². The van der Waals surface area contributed by atoms with Crippen molar-refractivity contribution in [3.63, 3.8) is 0 Å². The number of rotatable bonds is 5. The van der Waals surface area contributed by atoms with Gasteiger partial charge in [-0.25, -0.2) is 0 Å². The highest BCUT2D eigenvalue weighted by atomic mass is 79.9. The molecule has 0 radical (unpaired) electrons. The lowest BCUT2D eigenvalue weighted by molar-refractivity contribution is 0.0106. The van der Waals surface area contributed by atoms with E-state index >= 15 is 0 Å². The summed E-state index contributed by atoms with van der Waals surface area (Å²) < 4.78 is 0. The molecule has 0 saturated carbocycles. The van der Waals surface area contributed by atoms with Crippen molar-refractivity contribution in [2.24, 2.45) is 5.41 Å². The minimum atomic E-state index is -0.494. The minimum absolute atomic E-state index is 0.239. The molecule has 1 unspecified atom stereocenters. The number of halogens is 1. The predicted octanol–water partition coefficient (Wildman–Crippen LogP) is 3.35. The monoisotopic (exact) mass is 236 g/mol. The molecule has 0 rings (SSSR count). The number of aliphatic hydroxyl groups is 1. The molecule has 12 heavy (non-hydrogen) atoms. The van der Waals surface area contributed by atoms with Gasteiger partial charge in [-0.15, -0.1) is 0 Å². The largest absolute Gasteiger partial charge is 0.390 e. The minimum Gasteiger partial charge on any atom is -0.390 e. The van der Waals surface area contributed by atoms with Crippen molar-refractivity contribution in [1.82, 2.24) is 0 Å². The summed E-state index contributed by atoms with van der Waals surface area (Å²) in [5, 5.41) is 10.9. The maximum absolute atomic E-state index is 9.87. The molecule has 1 nitrogen and oxygen atoms in total. The van der Waals surface area contributed by atoms with Crippen LogP contribution in [0.15, 0.2) is 0 Å². The predicted molar refractivity (Wildman–Crippen MR) is 57.7 cm³/mol. The van der Waals surface area contributed by atoms with Gasteiger partial charge in [0.15, 0.2) is 0 Å². The van der Waals surface area contributed by atoms with Gasteiger partial charge in [-0.05, 0) is 31.6 Å². The third-order valence-corrected chi connectivity index (χ3v) is 2.79. The number of alkyl halides is 1. The average molecular weight is 237 g/mol. The van der Waals surface area contributed by atoms with Gasteiger partial charge < -0.3 is 5.11 Å². The highest BCUT2D eigenvalue weighted by Crippen LogP contribution is 2.33. The quantitative estimate of drug-likeness (QED) is 0.727. The summed E-state index contributed by atoms with van der Waals surface area (Å²) in [5.41, 5.74) is -0.255. The Balaban J connectivity index is 4.04. The molecule has 0 aromatic heterocycles. The molecule has 0 bridgehead atoms. The zero-order valence-electron chi connectivity index (χ0n) is 8.65. The molecule has 0 heterocycles. The van der Waals surface area contributed by atoms with Crippen molar-refractivity contribution < 1.29 is 5.11 Å². The first kappa shape index (κ1) is 12.4. The van der Waals surface area contributed by atoms with Crippen molar-refractivity contribution in [3.05, 3.63) is 0 Å². The van der Waals surface area contributed by atoms with Gasteiger partial charge in [-0.2, -0.15) is 0 Å². The van der Waals surface area contributed by atoms with E-state index in [1.165, 1.54) is 0 Å². The Bertz CT molecular complexity index is 130. The molecular formula is C10H21BrO. The lowest BCUT2D eigenvalue weighted by Gasteiger charge is -2.32. The number of hydrogen-bond donors (Lipinski definition) is 1. The van der Waals surface area contributed by atoms with Gasteiger partial charge in [0.25, 0.3) is 0 Å². The highest BCUT2D eigenvalue weighted by molar-refractivity contribution is 9.09. The van der Waals surface area contributed by atoms with E-state index in [0.717, 1.165) is 24.6 Å². The van der Waals surface area contributed by atoms with Gasteiger partial charge in [-0.1, -0.05) is 36.7 Å². The van der Waals surface area contributed by atoms with Crippen molar-refractivity contribution in [1.29, 1.82) is 0 Å². The van der Waals surface area contributed by atoms with E-state index in [4.69, 9.17) is 0 Å². The van der Waals surface area contributed by atoms with Crippen LogP contribution < -0.4 is 0 Å². The Morgan fingerprint density at radius 2 is 1.75 bits per heavy atom. The second-order valence-electron chi connectivity index (χ2n) is 4.63. The van der Waals surface area contributed by atoms with Gasteiger partial charge in [0.05, 0.1) is 5.60 Å². The summed E-state index contributed by atoms with van der Waals surface area (Å²) in [6, 6.07) is 0. The molecule has 0 aromatic rings. The van der Waals surface area contributed by atoms with Gasteiger partial charge >= 0.3 is 0 Å². The fourth-order valence-corrected chi connectivity index (χ4v) is 2.57. The Hall–Kier alpha value is 0.440. The first-order valence-electron chi connectivity index (χ1n) is 4.61. The molecule has 74 valence electrons. The van der Waals surface area contributed by atoms with Crippen LogP contribution in [0.2, 0.25) is 0 Å². The van der Waals surface area contributed by atoms with Crippen LogP contribution in [0.4, 0.5) is 0 Å². The molecule has 0 saturated heterocycles.